The number of aryl methyl sites for hydroxylation is 2. The molecule has 0 radical (unpaired) electrons. The molecule has 0 N–H and O–H groups in total. The van der Waals surface area contributed by atoms with Crippen LogP contribution in [0.3, 0.4) is 0 Å². The molecule has 0 bridgehead atoms. The Morgan fingerprint density at radius 2 is 1.72 bits per heavy atom. The first-order valence-electron chi connectivity index (χ1n) is 9.47. The predicted molar refractivity (Wildman–Crippen MR) is 111 cm³/mol. The summed E-state index contributed by atoms with van der Waals surface area (Å²) in [7, 11) is 0. The van der Waals surface area contributed by atoms with Gasteiger partial charge in [0.05, 0.1) is 11.9 Å². The molecular formula is C24H21N3O2. The van der Waals surface area contributed by atoms with Gasteiger partial charge in [-0.15, -0.1) is 0 Å². The lowest BCUT2D eigenvalue weighted by Crippen LogP contribution is -2.09. The summed E-state index contributed by atoms with van der Waals surface area (Å²) < 4.78 is 5.41. The van der Waals surface area contributed by atoms with Crippen LogP contribution in [0.4, 0.5) is 0 Å². The minimum absolute atomic E-state index is 0.140. The van der Waals surface area contributed by atoms with Crippen molar-refractivity contribution in [2.75, 3.05) is 0 Å². The monoisotopic (exact) mass is 383 g/mol. The molecule has 0 amide bonds. The molecule has 29 heavy (non-hydrogen) atoms. The summed E-state index contributed by atoms with van der Waals surface area (Å²) >= 11 is 0. The quantitative estimate of drug-likeness (QED) is 0.480. The van der Waals surface area contributed by atoms with Gasteiger partial charge in [-0.1, -0.05) is 30.3 Å². The fourth-order valence-corrected chi connectivity index (χ4v) is 3.32. The summed E-state index contributed by atoms with van der Waals surface area (Å²) in [5.74, 6) is 0.745. The number of hydrogen-bond acceptors (Lipinski definition) is 5. The molecule has 4 aromatic rings. The first-order valence-corrected chi connectivity index (χ1v) is 9.47. The van der Waals surface area contributed by atoms with Crippen molar-refractivity contribution in [2.45, 2.75) is 26.7 Å². The summed E-state index contributed by atoms with van der Waals surface area (Å²) in [5.41, 5.74) is 7.05. The minimum atomic E-state index is 0.140. The fraction of sp³-hybridized carbons (Fsp3) is 0.167. The van der Waals surface area contributed by atoms with Gasteiger partial charge in [-0.25, -0.2) is 15.0 Å². The molecule has 0 unspecified atom stereocenters. The highest BCUT2D eigenvalue weighted by molar-refractivity contribution is 5.83. The van der Waals surface area contributed by atoms with Crippen molar-refractivity contribution >= 4 is 5.78 Å². The van der Waals surface area contributed by atoms with Gasteiger partial charge in [0.25, 0.3) is 0 Å². The van der Waals surface area contributed by atoms with Crippen molar-refractivity contribution in [2.24, 2.45) is 0 Å². The lowest BCUT2D eigenvalue weighted by molar-refractivity contribution is -0.117. The van der Waals surface area contributed by atoms with E-state index in [1.165, 1.54) is 11.9 Å². The van der Waals surface area contributed by atoms with E-state index in [-0.39, 0.29) is 5.78 Å². The van der Waals surface area contributed by atoms with Crippen LogP contribution in [0.1, 0.15) is 22.4 Å². The van der Waals surface area contributed by atoms with Crippen molar-refractivity contribution in [1.82, 2.24) is 15.0 Å². The van der Waals surface area contributed by atoms with Crippen molar-refractivity contribution in [3.05, 3.63) is 89.8 Å². The van der Waals surface area contributed by atoms with Gasteiger partial charge in [-0.3, -0.25) is 4.79 Å². The third-order valence-electron chi connectivity index (χ3n) is 4.95. The van der Waals surface area contributed by atoms with Crippen LogP contribution in [-0.4, -0.2) is 20.7 Å². The molecule has 0 fully saturated rings. The highest BCUT2D eigenvalue weighted by Gasteiger charge is 2.11. The molecule has 0 spiro atoms. The highest BCUT2D eigenvalue weighted by Crippen LogP contribution is 2.29. The number of ketones is 1. The molecule has 0 aliphatic carbocycles. The van der Waals surface area contributed by atoms with Gasteiger partial charge in [-0.05, 0) is 53.8 Å². The average molecular weight is 383 g/mol. The molecule has 0 aliphatic rings. The number of rotatable bonds is 6. The molecule has 0 aliphatic heterocycles. The van der Waals surface area contributed by atoms with E-state index in [0.29, 0.717) is 18.7 Å². The van der Waals surface area contributed by atoms with Crippen molar-refractivity contribution < 1.29 is 9.21 Å². The summed E-state index contributed by atoms with van der Waals surface area (Å²) in [6.45, 7) is 4.00. The Morgan fingerprint density at radius 1 is 0.931 bits per heavy atom. The van der Waals surface area contributed by atoms with Crippen LogP contribution < -0.4 is 0 Å². The summed E-state index contributed by atoms with van der Waals surface area (Å²) in [5, 5.41) is 0. The Bertz CT molecular complexity index is 1130. The first kappa shape index (κ1) is 18.7. The Balaban J connectivity index is 1.50. The standard InChI is InChI=1S/C24H21N3O2/c1-16-3-6-20(24-26-9-10-29-24)12-22(16)19-7-4-18(5-8-19)11-21(28)13-23-17(2)14-25-15-27-23/h3-10,12,14-15H,11,13H2,1-2H3. The van der Waals surface area contributed by atoms with E-state index in [0.717, 1.165) is 33.5 Å². The van der Waals surface area contributed by atoms with Crippen LogP contribution in [0.25, 0.3) is 22.6 Å². The minimum Gasteiger partial charge on any atom is -0.445 e. The van der Waals surface area contributed by atoms with Crippen LogP contribution in [0.5, 0.6) is 0 Å². The number of benzene rings is 2. The molecule has 144 valence electrons. The molecule has 0 saturated carbocycles. The largest absolute Gasteiger partial charge is 0.445 e. The number of carbonyl (C=O) groups excluding carboxylic acids is 1. The summed E-state index contributed by atoms with van der Waals surface area (Å²) in [6.07, 6.45) is 7.15. The topological polar surface area (TPSA) is 68.9 Å². The normalized spacial score (nSPS) is 10.8. The molecule has 0 saturated heterocycles. The van der Waals surface area contributed by atoms with Gasteiger partial charge in [0.15, 0.2) is 0 Å². The fourth-order valence-electron chi connectivity index (χ4n) is 3.32. The van der Waals surface area contributed by atoms with E-state index in [1.807, 2.05) is 25.1 Å². The Morgan fingerprint density at radius 3 is 2.45 bits per heavy atom. The maximum absolute atomic E-state index is 12.4. The van der Waals surface area contributed by atoms with Crippen molar-refractivity contribution in [3.8, 4) is 22.6 Å². The lowest BCUT2D eigenvalue weighted by Gasteiger charge is -2.09. The zero-order valence-corrected chi connectivity index (χ0v) is 16.4. The molecular weight excluding hydrogens is 362 g/mol. The van der Waals surface area contributed by atoms with Gasteiger partial charge in [-0.2, -0.15) is 0 Å². The average Bonchev–Trinajstić information content (AvgIpc) is 3.26. The number of aromatic nitrogens is 3. The Hall–Kier alpha value is -3.60. The van der Waals surface area contributed by atoms with E-state index in [4.69, 9.17) is 4.42 Å². The summed E-state index contributed by atoms with van der Waals surface area (Å²) in [4.78, 5) is 24.8. The number of hydrogen-bond donors (Lipinski definition) is 0. The third kappa shape index (κ3) is 4.29. The molecule has 0 atom stereocenters. The van der Waals surface area contributed by atoms with Crippen LogP contribution in [0, 0.1) is 13.8 Å². The molecule has 4 rings (SSSR count). The van der Waals surface area contributed by atoms with E-state index in [1.54, 1.807) is 18.7 Å². The number of nitrogens with zero attached hydrogens (tertiary/aromatic N) is 3. The van der Waals surface area contributed by atoms with Crippen LogP contribution >= 0.6 is 0 Å². The zero-order valence-electron chi connectivity index (χ0n) is 16.4. The number of oxazole rings is 1. The second-order valence-electron chi connectivity index (χ2n) is 7.11. The maximum atomic E-state index is 12.4. The molecule has 2 aromatic carbocycles. The Labute approximate surface area is 169 Å². The SMILES string of the molecule is Cc1ccc(-c2ncco2)cc1-c1ccc(CC(=O)Cc2ncncc2C)cc1. The van der Waals surface area contributed by atoms with Gasteiger partial charge >= 0.3 is 0 Å². The molecule has 2 heterocycles. The molecule has 5 nitrogen and oxygen atoms in total. The van der Waals surface area contributed by atoms with Gasteiger partial charge in [0.1, 0.15) is 18.4 Å². The first-order chi connectivity index (χ1) is 14.1. The van der Waals surface area contributed by atoms with Crippen LogP contribution in [0.15, 0.2) is 71.9 Å². The van der Waals surface area contributed by atoms with Crippen LogP contribution in [0.2, 0.25) is 0 Å². The van der Waals surface area contributed by atoms with Crippen LogP contribution in [-0.2, 0) is 17.6 Å². The molecule has 5 heteroatoms. The molecule has 2 aromatic heterocycles. The van der Waals surface area contributed by atoms with Gasteiger partial charge in [0.2, 0.25) is 5.89 Å². The maximum Gasteiger partial charge on any atom is 0.225 e. The van der Waals surface area contributed by atoms with E-state index in [2.05, 4.69) is 46.1 Å². The Kier molecular flexibility index (Phi) is 5.29. The van der Waals surface area contributed by atoms with E-state index < -0.39 is 0 Å². The zero-order chi connectivity index (χ0) is 20.2. The number of carbonyl (C=O) groups is 1. The second-order valence-corrected chi connectivity index (χ2v) is 7.11. The van der Waals surface area contributed by atoms with Gasteiger partial charge < -0.3 is 4.42 Å². The smallest absolute Gasteiger partial charge is 0.225 e. The van der Waals surface area contributed by atoms with Crippen molar-refractivity contribution in [1.29, 1.82) is 0 Å². The predicted octanol–water partition coefficient (Wildman–Crippen LogP) is 4.77. The third-order valence-corrected chi connectivity index (χ3v) is 4.95. The van der Waals surface area contributed by atoms with Gasteiger partial charge in [0, 0.05) is 24.6 Å². The second kappa shape index (κ2) is 8.19. The highest BCUT2D eigenvalue weighted by atomic mass is 16.3. The van der Waals surface area contributed by atoms with E-state index >= 15 is 0 Å². The summed E-state index contributed by atoms with van der Waals surface area (Å²) in [6, 6.07) is 14.3. The number of Topliss-reactive ketones (excluding diaryl/α,β-unsaturated/α-hetero) is 1. The lowest BCUT2D eigenvalue weighted by atomic mass is 9.96. The van der Waals surface area contributed by atoms with E-state index in [9.17, 15) is 4.79 Å². The van der Waals surface area contributed by atoms with Crippen molar-refractivity contribution in [3.63, 3.8) is 0 Å².